The number of nitrogens with zero attached hydrogens (tertiary/aromatic N) is 1. The molecule has 2 amide bonds. The Morgan fingerprint density at radius 2 is 2.41 bits per heavy atom. The number of urea groups is 1. The second-order valence-corrected chi connectivity index (χ2v) is 6.12. The molecule has 1 aliphatic carbocycles. The van der Waals surface area contributed by atoms with Crippen LogP contribution in [0, 0.1) is 5.92 Å². The van der Waals surface area contributed by atoms with Gasteiger partial charge < -0.3 is 10.2 Å². The fraction of sp³-hybridized carbons (Fsp3) is 0.615. The van der Waals surface area contributed by atoms with Crippen LogP contribution in [0.25, 0.3) is 0 Å². The van der Waals surface area contributed by atoms with Crippen molar-refractivity contribution in [2.24, 2.45) is 5.92 Å². The van der Waals surface area contributed by atoms with E-state index in [1.807, 2.05) is 16.2 Å². The molecule has 3 rings (SSSR count). The molecule has 0 spiro atoms. The third-order valence-electron chi connectivity index (χ3n) is 3.78. The maximum absolute atomic E-state index is 12.1. The number of amides is 2. The average Bonchev–Trinajstić information content (AvgIpc) is 3.07. The topological polar surface area (TPSA) is 32.3 Å². The van der Waals surface area contributed by atoms with Gasteiger partial charge in [-0.15, -0.1) is 11.3 Å². The lowest BCUT2D eigenvalue weighted by Crippen LogP contribution is -2.46. The first-order valence-electron chi connectivity index (χ1n) is 6.34. The van der Waals surface area contributed by atoms with Crippen LogP contribution in [-0.2, 0) is 13.0 Å². The van der Waals surface area contributed by atoms with Gasteiger partial charge in [0.05, 0.1) is 0 Å². The Kier molecular flexibility index (Phi) is 2.82. The van der Waals surface area contributed by atoms with E-state index < -0.39 is 0 Å². The number of rotatable bonds is 2. The van der Waals surface area contributed by atoms with Crippen LogP contribution in [-0.4, -0.2) is 23.5 Å². The van der Waals surface area contributed by atoms with Crippen LogP contribution in [0.1, 0.15) is 30.2 Å². The van der Waals surface area contributed by atoms with Crippen LogP contribution in [0.2, 0.25) is 0 Å². The van der Waals surface area contributed by atoms with Crippen LogP contribution in [0.15, 0.2) is 11.4 Å². The molecule has 17 heavy (non-hydrogen) atoms. The molecule has 1 fully saturated rings. The first kappa shape index (κ1) is 11.1. The van der Waals surface area contributed by atoms with E-state index in [4.69, 9.17) is 0 Å². The maximum atomic E-state index is 12.1. The zero-order valence-electron chi connectivity index (χ0n) is 10.1. The van der Waals surface area contributed by atoms with E-state index in [2.05, 4.69) is 23.7 Å². The van der Waals surface area contributed by atoms with Crippen LogP contribution >= 0.6 is 11.3 Å². The smallest absolute Gasteiger partial charge is 0.317 e. The molecule has 2 heterocycles. The Hall–Kier alpha value is -1.03. The summed E-state index contributed by atoms with van der Waals surface area (Å²) in [6, 6.07) is 2.59. The fourth-order valence-corrected chi connectivity index (χ4v) is 3.31. The lowest BCUT2D eigenvalue weighted by molar-refractivity contribution is 0.188. The summed E-state index contributed by atoms with van der Waals surface area (Å²) >= 11 is 1.81. The van der Waals surface area contributed by atoms with Gasteiger partial charge in [-0.2, -0.15) is 0 Å². The molecule has 1 aliphatic heterocycles. The van der Waals surface area contributed by atoms with Gasteiger partial charge in [0.2, 0.25) is 0 Å². The van der Waals surface area contributed by atoms with E-state index in [-0.39, 0.29) is 6.03 Å². The van der Waals surface area contributed by atoms with Crippen molar-refractivity contribution in [2.45, 2.75) is 38.8 Å². The van der Waals surface area contributed by atoms with Gasteiger partial charge in [-0.1, -0.05) is 0 Å². The Morgan fingerprint density at radius 3 is 3.18 bits per heavy atom. The minimum Gasteiger partial charge on any atom is -0.335 e. The van der Waals surface area contributed by atoms with Crippen molar-refractivity contribution in [1.82, 2.24) is 10.2 Å². The van der Waals surface area contributed by atoms with Crippen molar-refractivity contribution in [1.29, 1.82) is 0 Å². The Labute approximate surface area is 106 Å². The predicted octanol–water partition coefficient (Wildman–Crippen LogP) is 2.61. The highest BCUT2D eigenvalue weighted by Crippen LogP contribution is 2.32. The first-order valence-corrected chi connectivity index (χ1v) is 7.22. The molecule has 3 nitrogen and oxygen atoms in total. The predicted molar refractivity (Wildman–Crippen MR) is 69.2 cm³/mol. The summed E-state index contributed by atoms with van der Waals surface area (Å²) in [4.78, 5) is 15.5. The van der Waals surface area contributed by atoms with Gasteiger partial charge in [-0.05, 0) is 49.1 Å². The number of carbonyl (C=O) groups is 1. The quantitative estimate of drug-likeness (QED) is 0.859. The number of hydrogen-bond donors (Lipinski definition) is 1. The highest BCUT2D eigenvalue weighted by Gasteiger charge is 2.30. The van der Waals surface area contributed by atoms with Gasteiger partial charge in [-0.3, -0.25) is 0 Å². The van der Waals surface area contributed by atoms with E-state index in [1.54, 1.807) is 0 Å². The lowest BCUT2D eigenvalue weighted by atomic mass is 10.1. The van der Waals surface area contributed by atoms with E-state index in [0.29, 0.717) is 6.04 Å². The summed E-state index contributed by atoms with van der Waals surface area (Å²) in [5, 5.41) is 5.25. The highest BCUT2D eigenvalue weighted by molar-refractivity contribution is 7.10. The lowest BCUT2D eigenvalue weighted by Gasteiger charge is -2.28. The zero-order valence-corrected chi connectivity index (χ0v) is 10.9. The summed E-state index contributed by atoms with van der Waals surface area (Å²) in [5.74, 6) is 0.723. The summed E-state index contributed by atoms with van der Waals surface area (Å²) in [6.45, 7) is 3.76. The zero-order chi connectivity index (χ0) is 11.8. The van der Waals surface area contributed by atoms with Crippen molar-refractivity contribution in [3.63, 3.8) is 0 Å². The van der Waals surface area contributed by atoms with Gasteiger partial charge in [0, 0.05) is 24.0 Å². The third kappa shape index (κ3) is 2.32. The largest absolute Gasteiger partial charge is 0.335 e. The molecule has 92 valence electrons. The van der Waals surface area contributed by atoms with Gasteiger partial charge in [0.1, 0.15) is 0 Å². The van der Waals surface area contributed by atoms with Crippen molar-refractivity contribution < 1.29 is 4.79 Å². The van der Waals surface area contributed by atoms with Gasteiger partial charge in [0.25, 0.3) is 0 Å². The van der Waals surface area contributed by atoms with Gasteiger partial charge in [0.15, 0.2) is 0 Å². The van der Waals surface area contributed by atoms with Crippen LogP contribution in [0.3, 0.4) is 0 Å². The molecular formula is C13H18N2OS. The van der Waals surface area contributed by atoms with Crippen molar-refractivity contribution in [3.8, 4) is 0 Å². The minimum absolute atomic E-state index is 0.112. The Bertz CT molecular complexity index is 425. The molecule has 1 aromatic heterocycles. The van der Waals surface area contributed by atoms with Crippen molar-refractivity contribution in [3.05, 3.63) is 21.9 Å². The normalized spacial score (nSPS) is 20.9. The molecule has 1 saturated carbocycles. The molecule has 1 aromatic rings. The number of nitrogens with one attached hydrogen (secondary N) is 1. The molecule has 0 radical (unpaired) electrons. The standard InChI is InChI=1S/C13H18N2OS/c1-9(10-2-3-10)14-13(16)15-6-4-12-11(8-15)5-7-17-12/h5,7,9-10H,2-4,6,8H2,1H3,(H,14,16). The van der Waals surface area contributed by atoms with Gasteiger partial charge >= 0.3 is 6.03 Å². The Morgan fingerprint density at radius 1 is 1.59 bits per heavy atom. The molecular weight excluding hydrogens is 232 g/mol. The van der Waals surface area contributed by atoms with Crippen LogP contribution < -0.4 is 5.32 Å². The molecule has 1 atom stereocenters. The van der Waals surface area contributed by atoms with Crippen molar-refractivity contribution in [2.75, 3.05) is 6.54 Å². The molecule has 2 aliphatic rings. The summed E-state index contributed by atoms with van der Waals surface area (Å²) < 4.78 is 0. The minimum atomic E-state index is 0.112. The van der Waals surface area contributed by atoms with E-state index in [9.17, 15) is 4.79 Å². The maximum Gasteiger partial charge on any atom is 0.317 e. The van der Waals surface area contributed by atoms with Crippen molar-refractivity contribution >= 4 is 17.4 Å². The van der Waals surface area contributed by atoms with Gasteiger partial charge in [-0.25, -0.2) is 4.79 Å². The first-order chi connectivity index (χ1) is 8.24. The third-order valence-corrected chi connectivity index (χ3v) is 4.80. The Balaban J connectivity index is 1.60. The molecule has 4 heteroatoms. The highest BCUT2D eigenvalue weighted by atomic mass is 32.1. The summed E-state index contributed by atoms with van der Waals surface area (Å²) in [5.41, 5.74) is 1.33. The average molecular weight is 250 g/mol. The number of carbonyl (C=O) groups excluding carboxylic acids is 1. The van der Waals surface area contributed by atoms with E-state index in [1.165, 1.54) is 23.3 Å². The SMILES string of the molecule is CC(NC(=O)N1CCc2sccc2C1)C1CC1. The molecule has 0 bridgehead atoms. The molecule has 1 unspecified atom stereocenters. The van der Waals surface area contributed by atoms with Crippen LogP contribution in [0.4, 0.5) is 4.79 Å². The number of hydrogen-bond acceptors (Lipinski definition) is 2. The molecule has 0 saturated heterocycles. The summed E-state index contributed by atoms with van der Waals surface area (Å²) in [6.07, 6.45) is 3.56. The number of thiophene rings is 1. The fourth-order valence-electron chi connectivity index (χ4n) is 2.42. The summed E-state index contributed by atoms with van der Waals surface area (Å²) in [7, 11) is 0. The monoisotopic (exact) mass is 250 g/mol. The second-order valence-electron chi connectivity index (χ2n) is 5.12. The van der Waals surface area contributed by atoms with E-state index >= 15 is 0 Å². The van der Waals surface area contributed by atoms with E-state index in [0.717, 1.165) is 25.4 Å². The molecule has 0 aromatic carbocycles. The van der Waals surface area contributed by atoms with Crippen LogP contribution in [0.5, 0.6) is 0 Å². The number of fused-ring (bicyclic) bond motifs is 1. The molecule has 1 N–H and O–H groups in total. The second kappa shape index (κ2) is 4.33.